The predicted molar refractivity (Wildman–Crippen MR) is 97.3 cm³/mol. The summed E-state index contributed by atoms with van der Waals surface area (Å²) in [6.45, 7) is 4.49. The number of benzene rings is 1. The van der Waals surface area contributed by atoms with E-state index in [1.807, 2.05) is 37.3 Å². The molecule has 4 rings (SSSR count). The Morgan fingerprint density at radius 1 is 1.27 bits per heavy atom. The highest BCUT2D eigenvalue weighted by atomic mass is 16.3. The zero-order valence-electron chi connectivity index (χ0n) is 15.1. The average molecular weight is 353 g/mol. The zero-order valence-corrected chi connectivity index (χ0v) is 15.1. The molecule has 3 heterocycles. The Morgan fingerprint density at radius 2 is 2.08 bits per heavy atom. The lowest BCUT2D eigenvalue weighted by molar-refractivity contribution is 0.193. The lowest BCUT2D eigenvalue weighted by Gasteiger charge is -2.31. The summed E-state index contributed by atoms with van der Waals surface area (Å²) in [5.41, 5.74) is 1.71. The first kappa shape index (κ1) is 16.8. The van der Waals surface area contributed by atoms with Gasteiger partial charge in [0.15, 0.2) is 5.89 Å². The Hall–Kier alpha value is -2.67. The van der Waals surface area contributed by atoms with Crippen LogP contribution >= 0.6 is 0 Å². The van der Waals surface area contributed by atoms with Gasteiger partial charge in [0.2, 0.25) is 0 Å². The molecule has 1 saturated heterocycles. The Kier molecular flexibility index (Phi) is 4.46. The van der Waals surface area contributed by atoms with Gasteiger partial charge in [-0.05, 0) is 31.5 Å². The first-order valence-corrected chi connectivity index (χ1v) is 8.96. The predicted octanol–water partition coefficient (Wildman–Crippen LogP) is 2.25. The molecule has 1 aromatic carbocycles. The lowest BCUT2D eigenvalue weighted by Crippen LogP contribution is -2.35. The molecule has 0 saturated carbocycles. The number of rotatable bonds is 4. The molecule has 1 fully saturated rings. The minimum Gasteiger partial charge on any atom is -0.449 e. The van der Waals surface area contributed by atoms with Gasteiger partial charge in [-0.2, -0.15) is 5.10 Å². The minimum absolute atomic E-state index is 0.101. The van der Waals surface area contributed by atoms with E-state index >= 15 is 0 Å². The van der Waals surface area contributed by atoms with Crippen molar-refractivity contribution in [1.82, 2.24) is 24.2 Å². The van der Waals surface area contributed by atoms with Gasteiger partial charge in [-0.3, -0.25) is 4.90 Å². The van der Waals surface area contributed by atoms with Crippen LogP contribution in [0.4, 0.5) is 0 Å². The first-order valence-electron chi connectivity index (χ1n) is 8.96. The number of likely N-dealkylation sites (tertiary alicyclic amines) is 1. The topological polar surface area (TPSA) is 69.1 Å². The summed E-state index contributed by atoms with van der Waals surface area (Å²) >= 11 is 0. The van der Waals surface area contributed by atoms with Crippen LogP contribution in [-0.4, -0.2) is 37.3 Å². The van der Waals surface area contributed by atoms with E-state index in [2.05, 4.69) is 15.0 Å². The van der Waals surface area contributed by atoms with Crippen molar-refractivity contribution in [2.45, 2.75) is 32.2 Å². The lowest BCUT2D eigenvalue weighted by atomic mass is 9.97. The standard InChI is InChI=1S/C19H23N5O2/c1-14-20-16(13-26-14)12-23-10-6-7-15(11-23)18-21-22(2)19(25)24(18)17-8-4-3-5-9-17/h3-5,8-9,13,15H,6-7,10-12H2,1-2H3/t15-/m0/s1. The Morgan fingerprint density at radius 3 is 2.81 bits per heavy atom. The van der Waals surface area contributed by atoms with E-state index in [0.717, 1.165) is 49.7 Å². The summed E-state index contributed by atoms with van der Waals surface area (Å²) in [6, 6.07) is 9.74. The maximum atomic E-state index is 12.6. The van der Waals surface area contributed by atoms with Crippen molar-refractivity contribution in [3.63, 3.8) is 0 Å². The molecule has 2 aromatic heterocycles. The molecule has 0 amide bonds. The number of para-hydroxylation sites is 1. The summed E-state index contributed by atoms with van der Waals surface area (Å²) in [5, 5.41) is 4.56. The Labute approximate surface area is 151 Å². The fourth-order valence-corrected chi connectivity index (χ4v) is 3.69. The molecule has 0 N–H and O–H groups in total. The molecule has 0 bridgehead atoms. The second-order valence-electron chi connectivity index (χ2n) is 6.87. The van der Waals surface area contributed by atoms with Crippen molar-refractivity contribution in [3.05, 3.63) is 64.5 Å². The molecule has 0 spiro atoms. The van der Waals surface area contributed by atoms with Crippen LogP contribution in [0.3, 0.4) is 0 Å². The monoisotopic (exact) mass is 353 g/mol. The number of aromatic nitrogens is 4. The van der Waals surface area contributed by atoms with Crippen molar-refractivity contribution in [3.8, 4) is 5.69 Å². The fraction of sp³-hybridized carbons (Fsp3) is 0.421. The fourth-order valence-electron chi connectivity index (χ4n) is 3.69. The molecule has 1 aliphatic heterocycles. The van der Waals surface area contributed by atoms with Crippen LogP contribution in [0.5, 0.6) is 0 Å². The average Bonchev–Trinajstić information content (AvgIpc) is 3.19. The molecule has 0 aliphatic carbocycles. The van der Waals surface area contributed by atoms with E-state index < -0.39 is 0 Å². The number of oxazole rings is 1. The van der Waals surface area contributed by atoms with Gasteiger partial charge in [-0.15, -0.1) is 0 Å². The summed E-state index contributed by atoms with van der Waals surface area (Å²) in [7, 11) is 1.71. The maximum absolute atomic E-state index is 12.6. The van der Waals surface area contributed by atoms with Gasteiger partial charge in [-0.25, -0.2) is 19.0 Å². The third kappa shape index (κ3) is 3.22. The van der Waals surface area contributed by atoms with Crippen molar-refractivity contribution in [1.29, 1.82) is 0 Å². The molecule has 1 atom stereocenters. The molecule has 1 aliphatic rings. The van der Waals surface area contributed by atoms with Crippen molar-refractivity contribution in [2.75, 3.05) is 13.1 Å². The third-order valence-corrected chi connectivity index (χ3v) is 4.89. The number of hydrogen-bond donors (Lipinski definition) is 0. The van der Waals surface area contributed by atoms with Crippen LogP contribution < -0.4 is 5.69 Å². The van der Waals surface area contributed by atoms with Crippen LogP contribution in [0, 0.1) is 6.92 Å². The van der Waals surface area contributed by atoms with Gasteiger partial charge in [0, 0.05) is 33.0 Å². The van der Waals surface area contributed by atoms with Gasteiger partial charge >= 0.3 is 5.69 Å². The molecule has 0 unspecified atom stereocenters. The molecule has 7 nitrogen and oxygen atoms in total. The number of aryl methyl sites for hydroxylation is 2. The molecule has 26 heavy (non-hydrogen) atoms. The van der Waals surface area contributed by atoms with E-state index in [1.54, 1.807) is 17.9 Å². The number of piperidine rings is 1. The van der Waals surface area contributed by atoms with Gasteiger partial charge in [0.05, 0.1) is 11.4 Å². The molecular weight excluding hydrogens is 330 g/mol. The second kappa shape index (κ2) is 6.92. The summed E-state index contributed by atoms with van der Waals surface area (Å²) < 4.78 is 8.49. The molecule has 7 heteroatoms. The summed E-state index contributed by atoms with van der Waals surface area (Å²) in [6.07, 6.45) is 3.82. The SMILES string of the molecule is Cc1nc(CN2CCC[C@H](c3nn(C)c(=O)n3-c3ccccc3)C2)co1. The van der Waals surface area contributed by atoms with Crippen LogP contribution in [0.25, 0.3) is 5.69 Å². The quantitative estimate of drug-likeness (QED) is 0.719. The van der Waals surface area contributed by atoms with Crippen molar-refractivity contribution >= 4 is 0 Å². The maximum Gasteiger partial charge on any atom is 0.350 e. The number of hydrogen-bond acceptors (Lipinski definition) is 5. The molecule has 136 valence electrons. The van der Waals surface area contributed by atoms with Gasteiger partial charge < -0.3 is 4.42 Å². The normalized spacial score (nSPS) is 18.3. The molecular formula is C19H23N5O2. The highest BCUT2D eigenvalue weighted by molar-refractivity contribution is 5.33. The third-order valence-electron chi connectivity index (χ3n) is 4.89. The van der Waals surface area contributed by atoms with Crippen LogP contribution in [0.15, 0.2) is 45.8 Å². The Bertz CT molecular complexity index is 940. The smallest absolute Gasteiger partial charge is 0.350 e. The van der Waals surface area contributed by atoms with Gasteiger partial charge in [0.1, 0.15) is 12.1 Å². The molecule has 0 radical (unpaired) electrons. The number of nitrogens with zero attached hydrogens (tertiary/aromatic N) is 5. The van der Waals surface area contributed by atoms with Gasteiger partial charge in [-0.1, -0.05) is 18.2 Å². The minimum atomic E-state index is -0.101. The van der Waals surface area contributed by atoms with Gasteiger partial charge in [0.25, 0.3) is 0 Å². The summed E-state index contributed by atoms with van der Waals surface area (Å²) in [5.74, 6) is 1.74. The van der Waals surface area contributed by atoms with E-state index in [4.69, 9.17) is 4.42 Å². The zero-order chi connectivity index (χ0) is 18.1. The Balaban J connectivity index is 1.61. The van der Waals surface area contributed by atoms with E-state index in [1.165, 1.54) is 4.68 Å². The van der Waals surface area contributed by atoms with Crippen LogP contribution in [0.1, 0.15) is 36.2 Å². The van der Waals surface area contributed by atoms with E-state index in [-0.39, 0.29) is 11.6 Å². The van der Waals surface area contributed by atoms with Crippen molar-refractivity contribution in [2.24, 2.45) is 7.05 Å². The highest BCUT2D eigenvalue weighted by Gasteiger charge is 2.28. The second-order valence-corrected chi connectivity index (χ2v) is 6.87. The highest BCUT2D eigenvalue weighted by Crippen LogP contribution is 2.27. The summed E-state index contributed by atoms with van der Waals surface area (Å²) in [4.78, 5) is 19.4. The van der Waals surface area contributed by atoms with Crippen molar-refractivity contribution < 1.29 is 4.42 Å². The molecule has 3 aromatic rings. The van der Waals surface area contributed by atoms with Crippen LogP contribution in [0.2, 0.25) is 0 Å². The largest absolute Gasteiger partial charge is 0.449 e. The van der Waals surface area contributed by atoms with E-state index in [0.29, 0.717) is 5.89 Å². The van der Waals surface area contributed by atoms with Crippen LogP contribution in [-0.2, 0) is 13.6 Å². The van der Waals surface area contributed by atoms with E-state index in [9.17, 15) is 4.79 Å². The first-order chi connectivity index (χ1) is 12.6.